The van der Waals surface area contributed by atoms with Crippen molar-refractivity contribution in [2.24, 2.45) is 0 Å². The minimum atomic E-state index is 0.215. The Morgan fingerprint density at radius 3 is 2.74 bits per heavy atom. The highest BCUT2D eigenvalue weighted by Crippen LogP contribution is 2.26. The molecule has 2 rings (SSSR count). The number of aromatic nitrogens is 1. The molecule has 0 aliphatic heterocycles. The Hall–Kier alpha value is -0.900. The molecule has 1 aromatic carbocycles. The molecule has 0 fully saturated rings. The Bertz CT molecular complexity index is 555. The first-order valence-corrected chi connectivity index (χ1v) is 7.31. The number of halogens is 2. The Labute approximate surface area is 127 Å². The average Bonchev–Trinajstić information content (AvgIpc) is 2.42. The summed E-state index contributed by atoms with van der Waals surface area (Å²) >= 11 is 9.59. The lowest BCUT2D eigenvalue weighted by Crippen LogP contribution is -2.20. The van der Waals surface area contributed by atoms with Crippen molar-refractivity contribution < 1.29 is 0 Å². The number of likely N-dealkylation sites (N-methyl/N-ethyl adjacent to an activating group) is 1. The minimum Gasteiger partial charge on any atom is -0.313 e. The number of hydrogen-bond donors (Lipinski definition) is 1. The van der Waals surface area contributed by atoms with Crippen molar-refractivity contribution >= 4 is 27.5 Å². The fourth-order valence-corrected chi connectivity index (χ4v) is 2.52. The van der Waals surface area contributed by atoms with Gasteiger partial charge < -0.3 is 5.32 Å². The largest absolute Gasteiger partial charge is 0.313 e. The molecule has 0 aliphatic rings. The van der Waals surface area contributed by atoms with Crippen molar-refractivity contribution in [1.82, 2.24) is 10.3 Å². The maximum absolute atomic E-state index is 6.19. The molecular formula is C15H16BrClN2. The number of hydrogen-bond acceptors (Lipinski definition) is 2. The van der Waals surface area contributed by atoms with Gasteiger partial charge in [0.1, 0.15) is 0 Å². The average molecular weight is 340 g/mol. The molecule has 100 valence electrons. The molecule has 1 heterocycles. The van der Waals surface area contributed by atoms with Gasteiger partial charge in [-0.05, 0) is 59.2 Å². The van der Waals surface area contributed by atoms with Gasteiger partial charge in [0.15, 0.2) is 0 Å². The maximum atomic E-state index is 6.19. The topological polar surface area (TPSA) is 24.9 Å². The van der Waals surface area contributed by atoms with Crippen LogP contribution in [-0.4, -0.2) is 12.0 Å². The molecule has 0 aliphatic carbocycles. The standard InChI is InChI=1S/C15H16BrClN2/c1-10-13(4-3-5-14(10)17)15(18-2)8-12-7-6-11(16)9-19-12/h3-7,9,15,18H,8H2,1-2H3. The molecule has 0 saturated carbocycles. The summed E-state index contributed by atoms with van der Waals surface area (Å²) in [5.74, 6) is 0. The van der Waals surface area contributed by atoms with E-state index >= 15 is 0 Å². The Morgan fingerprint density at radius 1 is 1.32 bits per heavy atom. The molecule has 2 nitrogen and oxygen atoms in total. The van der Waals surface area contributed by atoms with Gasteiger partial charge in [-0.2, -0.15) is 0 Å². The van der Waals surface area contributed by atoms with Gasteiger partial charge in [-0.3, -0.25) is 4.98 Å². The van der Waals surface area contributed by atoms with E-state index in [0.717, 1.165) is 27.2 Å². The molecule has 0 bridgehead atoms. The van der Waals surface area contributed by atoms with Gasteiger partial charge in [0.25, 0.3) is 0 Å². The molecule has 1 aromatic heterocycles. The van der Waals surface area contributed by atoms with Crippen LogP contribution in [0.4, 0.5) is 0 Å². The summed E-state index contributed by atoms with van der Waals surface area (Å²) in [6.07, 6.45) is 2.66. The van der Waals surface area contributed by atoms with Crippen LogP contribution in [0.25, 0.3) is 0 Å². The maximum Gasteiger partial charge on any atom is 0.0438 e. The van der Waals surface area contributed by atoms with Crippen molar-refractivity contribution in [3.8, 4) is 0 Å². The predicted molar refractivity (Wildman–Crippen MR) is 83.6 cm³/mol. The molecule has 0 saturated heterocycles. The molecule has 1 N–H and O–H groups in total. The van der Waals surface area contributed by atoms with Crippen molar-refractivity contribution in [1.29, 1.82) is 0 Å². The van der Waals surface area contributed by atoms with Crippen LogP contribution in [0.3, 0.4) is 0 Å². The monoisotopic (exact) mass is 338 g/mol. The number of pyridine rings is 1. The number of benzene rings is 1. The Balaban J connectivity index is 2.25. The van der Waals surface area contributed by atoms with Gasteiger partial charge in [0.05, 0.1) is 0 Å². The van der Waals surface area contributed by atoms with Crippen molar-refractivity contribution in [2.75, 3.05) is 7.05 Å². The van der Waals surface area contributed by atoms with E-state index in [1.54, 1.807) is 0 Å². The molecular weight excluding hydrogens is 324 g/mol. The van der Waals surface area contributed by atoms with Crippen LogP contribution in [0.2, 0.25) is 5.02 Å². The summed E-state index contributed by atoms with van der Waals surface area (Å²) in [5.41, 5.74) is 3.40. The molecule has 0 radical (unpaired) electrons. The zero-order valence-corrected chi connectivity index (χ0v) is 13.3. The Kier molecular flexibility index (Phi) is 4.97. The quantitative estimate of drug-likeness (QED) is 0.898. The van der Waals surface area contributed by atoms with Gasteiger partial charge in [-0.25, -0.2) is 0 Å². The molecule has 0 spiro atoms. The van der Waals surface area contributed by atoms with Crippen LogP contribution >= 0.6 is 27.5 Å². The highest BCUT2D eigenvalue weighted by molar-refractivity contribution is 9.10. The SMILES string of the molecule is CNC(Cc1ccc(Br)cn1)c1cccc(Cl)c1C. The lowest BCUT2D eigenvalue weighted by Gasteiger charge is -2.19. The highest BCUT2D eigenvalue weighted by atomic mass is 79.9. The van der Waals surface area contributed by atoms with Crippen LogP contribution in [0.1, 0.15) is 22.9 Å². The molecule has 2 aromatic rings. The number of nitrogens with zero attached hydrogens (tertiary/aromatic N) is 1. The molecule has 0 amide bonds. The molecule has 1 atom stereocenters. The van der Waals surface area contributed by atoms with E-state index in [1.165, 1.54) is 5.56 Å². The zero-order valence-electron chi connectivity index (χ0n) is 11.0. The van der Waals surface area contributed by atoms with Crippen molar-refractivity contribution in [3.63, 3.8) is 0 Å². The molecule has 1 unspecified atom stereocenters. The van der Waals surface area contributed by atoms with E-state index in [2.05, 4.69) is 39.2 Å². The summed E-state index contributed by atoms with van der Waals surface area (Å²) in [5, 5.41) is 4.15. The van der Waals surface area contributed by atoms with Gasteiger partial charge in [0, 0.05) is 33.8 Å². The first kappa shape index (κ1) is 14.5. The fourth-order valence-electron chi connectivity index (χ4n) is 2.11. The van der Waals surface area contributed by atoms with E-state index in [1.807, 2.05) is 37.5 Å². The van der Waals surface area contributed by atoms with Crippen LogP contribution in [0.5, 0.6) is 0 Å². The van der Waals surface area contributed by atoms with Crippen LogP contribution in [0.15, 0.2) is 41.0 Å². The Morgan fingerprint density at radius 2 is 2.11 bits per heavy atom. The zero-order chi connectivity index (χ0) is 13.8. The third-order valence-electron chi connectivity index (χ3n) is 3.24. The lowest BCUT2D eigenvalue weighted by atomic mass is 9.97. The van der Waals surface area contributed by atoms with Crippen molar-refractivity contribution in [3.05, 3.63) is 62.8 Å². The first-order valence-electron chi connectivity index (χ1n) is 6.14. The van der Waals surface area contributed by atoms with Crippen LogP contribution in [0, 0.1) is 6.92 Å². The van der Waals surface area contributed by atoms with Gasteiger partial charge >= 0.3 is 0 Å². The summed E-state index contributed by atoms with van der Waals surface area (Å²) in [6.45, 7) is 2.05. The predicted octanol–water partition coefficient (Wildman–Crippen LogP) is 4.31. The van der Waals surface area contributed by atoms with E-state index in [9.17, 15) is 0 Å². The van der Waals surface area contributed by atoms with Gasteiger partial charge in [-0.1, -0.05) is 23.7 Å². The second-order valence-corrected chi connectivity index (χ2v) is 5.79. The number of rotatable bonds is 4. The minimum absolute atomic E-state index is 0.215. The summed E-state index contributed by atoms with van der Waals surface area (Å²) in [6, 6.07) is 10.3. The smallest absolute Gasteiger partial charge is 0.0438 e. The lowest BCUT2D eigenvalue weighted by molar-refractivity contribution is 0.581. The first-order chi connectivity index (χ1) is 9.11. The summed E-state index contributed by atoms with van der Waals surface area (Å²) in [4.78, 5) is 4.42. The third kappa shape index (κ3) is 3.56. The normalized spacial score (nSPS) is 12.4. The summed E-state index contributed by atoms with van der Waals surface area (Å²) in [7, 11) is 1.96. The number of nitrogens with one attached hydrogen (secondary N) is 1. The van der Waals surface area contributed by atoms with E-state index in [4.69, 9.17) is 11.6 Å². The van der Waals surface area contributed by atoms with Crippen LogP contribution < -0.4 is 5.32 Å². The molecule has 4 heteroatoms. The van der Waals surface area contributed by atoms with Crippen molar-refractivity contribution in [2.45, 2.75) is 19.4 Å². The highest BCUT2D eigenvalue weighted by Gasteiger charge is 2.14. The molecule has 19 heavy (non-hydrogen) atoms. The summed E-state index contributed by atoms with van der Waals surface area (Å²) < 4.78 is 0.996. The van der Waals surface area contributed by atoms with Gasteiger partial charge in [0.2, 0.25) is 0 Å². The second kappa shape index (κ2) is 6.51. The van der Waals surface area contributed by atoms with E-state index < -0.39 is 0 Å². The van der Waals surface area contributed by atoms with Gasteiger partial charge in [-0.15, -0.1) is 0 Å². The third-order valence-corrected chi connectivity index (χ3v) is 4.11. The fraction of sp³-hybridized carbons (Fsp3) is 0.267. The second-order valence-electron chi connectivity index (χ2n) is 4.47. The van der Waals surface area contributed by atoms with E-state index in [0.29, 0.717) is 0 Å². The van der Waals surface area contributed by atoms with E-state index in [-0.39, 0.29) is 6.04 Å². The van der Waals surface area contributed by atoms with Crippen LogP contribution in [-0.2, 0) is 6.42 Å².